The van der Waals surface area contributed by atoms with Crippen molar-refractivity contribution in [1.82, 2.24) is 0 Å². The average Bonchev–Trinajstić information content (AvgIpc) is 2.63. The van der Waals surface area contributed by atoms with E-state index in [0.29, 0.717) is 16.1 Å². The summed E-state index contributed by atoms with van der Waals surface area (Å²) in [5, 5.41) is 0.573. The Hall–Kier alpha value is -1.80. The van der Waals surface area contributed by atoms with Gasteiger partial charge in [-0.1, -0.05) is 29.8 Å². The number of fused-ring (bicyclic) bond motifs is 3. The molecule has 1 aliphatic carbocycles. The lowest BCUT2D eigenvalue weighted by molar-refractivity contribution is 0.104. The maximum atomic E-state index is 12.2. The highest BCUT2D eigenvalue weighted by atomic mass is 35.5. The minimum absolute atomic E-state index is 0.0106. The van der Waals surface area contributed by atoms with Gasteiger partial charge in [0, 0.05) is 21.7 Å². The fourth-order valence-electron chi connectivity index (χ4n) is 2.24. The molecular formula is C14H9ClO2. The Morgan fingerprint density at radius 1 is 1.06 bits per heavy atom. The molecular weight excluding hydrogens is 236 g/mol. The van der Waals surface area contributed by atoms with Crippen LogP contribution in [-0.2, 0) is 0 Å². The molecule has 2 aromatic carbocycles. The Kier molecular flexibility index (Phi) is 2.20. The van der Waals surface area contributed by atoms with Crippen molar-refractivity contribution in [2.24, 2.45) is 0 Å². The number of hydrogen-bond acceptors (Lipinski definition) is 2. The molecule has 0 heterocycles. The van der Waals surface area contributed by atoms with Gasteiger partial charge < -0.3 is 4.74 Å². The van der Waals surface area contributed by atoms with Crippen LogP contribution in [0.4, 0.5) is 0 Å². The van der Waals surface area contributed by atoms with Crippen LogP contribution in [0.3, 0.4) is 0 Å². The maximum Gasteiger partial charge on any atom is 0.194 e. The van der Waals surface area contributed by atoms with Gasteiger partial charge in [-0.05, 0) is 23.8 Å². The number of methoxy groups -OCH3 is 1. The molecule has 0 aliphatic heterocycles. The highest BCUT2D eigenvalue weighted by Crippen LogP contribution is 2.42. The van der Waals surface area contributed by atoms with Gasteiger partial charge in [0.2, 0.25) is 0 Å². The van der Waals surface area contributed by atoms with Crippen LogP contribution in [-0.4, -0.2) is 12.9 Å². The van der Waals surface area contributed by atoms with E-state index < -0.39 is 0 Å². The van der Waals surface area contributed by atoms with Crippen molar-refractivity contribution in [2.75, 3.05) is 7.11 Å². The molecule has 3 rings (SSSR count). The Balaban J connectivity index is 2.37. The molecule has 0 N–H and O–H groups in total. The molecule has 1 aliphatic rings. The molecule has 0 saturated heterocycles. The fourth-order valence-corrected chi connectivity index (χ4v) is 2.41. The number of ether oxygens (including phenoxy) is 1. The van der Waals surface area contributed by atoms with Crippen LogP contribution < -0.4 is 4.74 Å². The summed E-state index contributed by atoms with van der Waals surface area (Å²) in [7, 11) is 1.61. The van der Waals surface area contributed by atoms with Gasteiger partial charge in [-0.2, -0.15) is 0 Å². The molecule has 0 unspecified atom stereocenters. The second kappa shape index (κ2) is 3.60. The van der Waals surface area contributed by atoms with Gasteiger partial charge in [0.15, 0.2) is 5.78 Å². The highest BCUT2D eigenvalue weighted by molar-refractivity contribution is 6.32. The molecule has 0 bridgehead atoms. The van der Waals surface area contributed by atoms with Crippen LogP contribution in [0.1, 0.15) is 15.9 Å². The van der Waals surface area contributed by atoms with Crippen molar-refractivity contribution in [2.45, 2.75) is 0 Å². The third-order valence-corrected chi connectivity index (χ3v) is 3.22. The predicted octanol–water partition coefficient (Wildman–Crippen LogP) is 3.56. The van der Waals surface area contributed by atoms with Crippen LogP contribution in [0, 0.1) is 0 Å². The van der Waals surface area contributed by atoms with Crippen LogP contribution in [0.15, 0.2) is 36.4 Å². The number of halogens is 1. The Morgan fingerprint density at radius 3 is 2.65 bits per heavy atom. The minimum atomic E-state index is 0.0106. The summed E-state index contributed by atoms with van der Waals surface area (Å²) in [5.41, 5.74) is 3.09. The third-order valence-electron chi connectivity index (χ3n) is 2.99. The third kappa shape index (κ3) is 1.38. The minimum Gasteiger partial charge on any atom is -0.496 e. The molecule has 3 heteroatoms. The van der Waals surface area contributed by atoms with Crippen molar-refractivity contribution in [3.8, 4) is 16.9 Å². The predicted molar refractivity (Wildman–Crippen MR) is 66.9 cm³/mol. The summed E-state index contributed by atoms with van der Waals surface area (Å²) in [6.07, 6.45) is 0. The van der Waals surface area contributed by atoms with E-state index in [0.717, 1.165) is 16.9 Å². The second-order valence-corrected chi connectivity index (χ2v) is 4.34. The number of ketones is 1. The average molecular weight is 245 g/mol. The van der Waals surface area contributed by atoms with E-state index >= 15 is 0 Å². The summed E-state index contributed by atoms with van der Waals surface area (Å²) < 4.78 is 5.31. The van der Waals surface area contributed by atoms with E-state index in [1.54, 1.807) is 19.2 Å². The molecule has 0 saturated carbocycles. The molecule has 2 nitrogen and oxygen atoms in total. The van der Waals surface area contributed by atoms with Gasteiger partial charge in [0.25, 0.3) is 0 Å². The highest BCUT2D eigenvalue weighted by Gasteiger charge is 2.29. The topological polar surface area (TPSA) is 26.3 Å². The molecule has 2 aromatic rings. The van der Waals surface area contributed by atoms with E-state index in [9.17, 15) is 4.79 Å². The summed E-state index contributed by atoms with van der Waals surface area (Å²) in [6.45, 7) is 0. The van der Waals surface area contributed by atoms with Crippen molar-refractivity contribution < 1.29 is 9.53 Å². The quantitative estimate of drug-likeness (QED) is 0.654. The van der Waals surface area contributed by atoms with Gasteiger partial charge in [0.05, 0.1) is 7.11 Å². The van der Waals surface area contributed by atoms with E-state index in [1.165, 1.54) is 0 Å². The largest absolute Gasteiger partial charge is 0.496 e. The molecule has 0 atom stereocenters. The lowest BCUT2D eigenvalue weighted by atomic mass is 10.1. The normalized spacial score (nSPS) is 12.2. The number of rotatable bonds is 1. The molecule has 84 valence electrons. The lowest BCUT2D eigenvalue weighted by Crippen LogP contribution is -1.95. The first-order valence-corrected chi connectivity index (χ1v) is 5.62. The van der Waals surface area contributed by atoms with Crippen LogP contribution in [0.2, 0.25) is 5.02 Å². The summed E-state index contributed by atoms with van der Waals surface area (Å²) in [5.74, 6) is 0.730. The molecule has 17 heavy (non-hydrogen) atoms. The SMILES string of the molecule is COc1cccc2c1-c1ccc(Cl)cc1C2=O. The standard InChI is InChI=1S/C14H9ClO2/c1-17-12-4-2-3-10-13(12)9-6-5-8(15)7-11(9)14(10)16/h2-7H,1H3. The summed E-state index contributed by atoms with van der Waals surface area (Å²) in [4.78, 5) is 12.2. The fraction of sp³-hybridized carbons (Fsp3) is 0.0714. The monoisotopic (exact) mass is 244 g/mol. The number of benzene rings is 2. The molecule has 0 amide bonds. The van der Waals surface area contributed by atoms with E-state index in [2.05, 4.69) is 0 Å². The second-order valence-electron chi connectivity index (χ2n) is 3.90. The van der Waals surface area contributed by atoms with Gasteiger partial charge in [0.1, 0.15) is 5.75 Å². The zero-order valence-electron chi connectivity index (χ0n) is 9.16. The molecule has 0 spiro atoms. The maximum absolute atomic E-state index is 12.2. The molecule has 0 aromatic heterocycles. The first-order chi connectivity index (χ1) is 8.22. The zero-order chi connectivity index (χ0) is 12.0. The summed E-state index contributed by atoms with van der Waals surface area (Å²) >= 11 is 5.92. The lowest BCUT2D eigenvalue weighted by Gasteiger charge is -2.06. The van der Waals surface area contributed by atoms with Crippen LogP contribution in [0.5, 0.6) is 5.75 Å². The van der Waals surface area contributed by atoms with E-state index in [1.807, 2.05) is 24.3 Å². The zero-order valence-corrected chi connectivity index (χ0v) is 9.91. The molecule has 0 fully saturated rings. The van der Waals surface area contributed by atoms with E-state index in [-0.39, 0.29) is 5.78 Å². The van der Waals surface area contributed by atoms with Crippen LogP contribution >= 0.6 is 11.6 Å². The Morgan fingerprint density at radius 2 is 1.88 bits per heavy atom. The number of carbonyl (C=O) groups excluding carboxylic acids is 1. The molecule has 0 radical (unpaired) electrons. The number of carbonyl (C=O) groups is 1. The van der Waals surface area contributed by atoms with Gasteiger partial charge >= 0.3 is 0 Å². The van der Waals surface area contributed by atoms with Crippen molar-refractivity contribution in [3.05, 3.63) is 52.5 Å². The Bertz CT molecular complexity index is 628. The first-order valence-electron chi connectivity index (χ1n) is 5.24. The smallest absolute Gasteiger partial charge is 0.194 e. The van der Waals surface area contributed by atoms with E-state index in [4.69, 9.17) is 16.3 Å². The van der Waals surface area contributed by atoms with Gasteiger partial charge in [-0.3, -0.25) is 4.79 Å². The number of hydrogen-bond donors (Lipinski definition) is 0. The summed E-state index contributed by atoms with van der Waals surface area (Å²) in [6, 6.07) is 10.9. The van der Waals surface area contributed by atoms with Crippen molar-refractivity contribution in [3.63, 3.8) is 0 Å². The van der Waals surface area contributed by atoms with Gasteiger partial charge in [-0.15, -0.1) is 0 Å². The van der Waals surface area contributed by atoms with Gasteiger partial charge in [-0.25, -0.2) is 0 Å². The van der Waals surface area contributed by atoms with Crippen molar-refractivity contribution >= 4 is 17.4 Å². The Labute approximate surface area is 104 Å². The van der Waals surface area contributed by atoms with Crippen LogP contribution in [0.25, 0.3) is 11.1 Å². The first kappa shape index (κ1) is 10.4. The van der Waals surface area contributed by atoms with Crippen molar-refractivity contribution in [1.29, 1.82) is 0 Å².